The van der Waals surface area contributed by atoms with Crippen LogP contribution in [-0.4, -0.2) is 50.3 Å². The van der Waals surface area contributed by atoms with Gasteiger partial charge in [-0.15, -0.1) is 0 Å². The number of ether oxygens (including phenoxy) is 1. The number of fused-ring (bicyclic) bond motifs is 1. The summed E-state index contributed by atoms with van der Waals surface area (Å²) in [7, 11) is 1.91. The molecule has 0 spiro atoms. The molecule has 4 aromatic rings. The van der Waals surface area contributed by atoms with Crippen LogP contribution in [-0.2, 0) is 13.6 Å². The quantitative estimate of drug-likeness (QED) is 0.396. The highest BCUT2D eigenvalue weighted by Crippen LogP contribution is 2.32. The minimum absolute atomic E-state index is 0.121. The number of piperidine rings is 1. The van der Waals surface area contributed by atoms with Crippen molar-refractivity contribution >= 4 is 22.8 Å². The number of nitrogens with one attached hydrogen (secondary N) is 1. The highest BCUT2D eigenvalue weighted by molar-refractivity contribution is 6.03. The van der Waals surface area contributed by atoms with Crippen molar-refractivity contribution in [3.8, 4) is 17.0 Å². The molecule has 3 heterocycles. The molecule has 0 saturated carbocycles. The SMILES string of the molecule is Cn1ncc(-c2ccc3c(OC(F)F)nc(NC(=O)c4ccccc4)nc3c2)c1CN1CCCCC1. The van der Waals surface area contributed by atoms with E-state index in [4.69, 9.17) is 0 Å². The Hall–Kier alpha value is -3.92. The Kier molecular flexibility index (Phi) is 6.86. The topological polar surface area (TPSA) is 85.2 Å². The number of rotatable bonds is 7. The Balaban J connectivity index is 1.51. The van der Waals surface area contributed by atoms with Crippen molar-refractivity contribution in [2.24, 2.45) is 7.05 Å². The van der Waals surface area contributed by atoms with Crippen LogP contribution >= 0.6 is 0 Å². The third-order valence-electron chi connectivity index (χ3n) is 6.32. The van der Waals surface area contributed by atoms with Crippen molar-refractivity contribution in [3.05, 3.63) is 66.0 Å². The predicted octanol–water partition coefficient (Wildman–Crippen LogP) is 4.87. The number of carbonyl (C=O) groups is 1. The van der Waals surface area contributed by atoms with E-state index >= 15 is 0 Å². The van der Waals surface area contributed by atoms with Crippen LogP contribution in [0.4, 0.5) is 14.7 Å². The zero-order chi connectivity index (χ0) is 25.1. The molecule has 5 rings (SSSR count). The summed E-state index contributed by atoms with van der Waals surface area (Å²) in [5, 5.41) is 7.36. The lowest BCUT2D eigenvalue weighted by Crippen LogP contribution is -2.30. The van der Waals surface area contributed by atoms with Crippen LogP contribution in [0, 0.1) is 0 Å². The Morgan fingerprint density at radius 3 is 2.61 bits per heavy atom. The summed E-state index contributed by atoms with van der Waals surface area (Å²) < 4.78 is 32.8. The van der Waals surface area contributed by atoms with Crippen LogP contribution in [0.15, 0.2) is 54.7 Å². The van der Waals surface area contributed by atoms with Crippen LogP contribution in [0.2, 0.25) is 0 Å². The summed E-state index contributed by atoms with van der Waals surface area (Å²) in [5.74, 6) is -0.876. The molecule has 1 N–H and O–H groups in total. The van der Waals surface area contributed by atoms with Gasteiger partial charge in [-0.3, -0.25) is 19.7 Å². The molecule has 2 aromatic heterocycles. The number of halogens is 2. The number of alkyl halides is 2. The molecule has 0 unspecified atom stereocenters. The number of carbonyl (C=O) groups excluding carboxylic acids is 1. The molecule has 36 heavy (non-hydrogen) atoms. The second kappa shape index (κ2) is 10.4. The second-order valence-corrected chi connectivity index (χ2v) is 8.75. The normalized spacial score (nSPS) is 14.3. The minimum atomic E-state index is -3.07. The lowest BCUT2D eigenvalue weighted by molar-refractivity contribution is -0.0516. The van der Waals surface area contributed by atoms with Gasteiger partial charge in [-0.2, -0.15) is 18.9 Å². The zero-order valence-electron chi connectivity index (χ0n) is 19.8. The molecule has 1 aliphatic heterocycles. The Labute approximate surface area is 206 Å². The third-order valence-corrected chi connectivity index (χ3v) is 6.32. The molecule has 2 aromatic carbocycles. The van der Waals surface area contributed by atoms with Gasteiger partial charge in [0.2, 0.25) is 11.8 Å². The maximum Gasteiger partial charge on any atom is 0.388 e. The molecule has 8 nitrogen and oxygen atoms in total. The number of anilines is 1. The Morgan fingerprint density at radius 1 is 1.08 bits per heavy atom. The van der Waals surface area contributed by atoms with E-state index in [9.17, 15) is 13.6 Å². The summed E-state index contributed by atoms with van der Waals surface area (Å²) in [6.07, 6.45) is 5.43. The average molecular weight is 493 g/mol. The molecule has 1 saturated heterocycles. The van der Waals surface area contributed by atoms with Crippen molar-refractivity contribution < 1.29 is 18.3 Å². The highest BCUT2D eigenvalue weighted by Gasteiger charge is 2.19. The molecule has 0 bridgehead atoms. The van der Waals surface area contributed by atoms with E-state index in [1.165, 1.54) is 19.3 Å². The van der Waals surface area contributed by atoms with Crippen molar-refractivity contribution in [2.75, 3.05) is 18.4 Å². The van der Waals surface area contributed by atoms with E-state index < -0.39 is 12.5 Å². The second-order valence-electron chi connectivity index (χ2n) is 8.75. The fourth-order valence-corrected chi connectivity index (χ4v) is 4.48. The fraction of sp³-hybridized carbons (Fsp3) is 0.308. The number of amides is 1. The zero-order valence-corrected chi connectivity index (χ0v) is 19.8. The van der Waals surface area contributed by atoms with Gasteiger partial charge in [-0.1, -0.05) is 30.7 Å². The third kappa shape index (κ3) is 5.18. The smallest absolute Gasteiger partial charge is 0.388 e. The number of hydrogen-bond acceptors (Lipinski definition) is 6. The maximum atomic E-state index is 13.1. The van der Waals surface area contributed by atoms with E-state index in [0.29, 0.717) is 16.5 Å². The molecule has 0 atom stereocenters. The van der Waals surface area contributed by atoms with Gasteiger partial charge >= 0.3 is 6.61 Å². The standard InChI is InChI=1S/C26H26F2N6O2/c1-33-22(16-34-12-6-3-7-13-34)20(15-29-33)18-10-11-19-21(14-18)30-26(32-24(19)36-25(27)28)31-23(35)17-8-4-2-5-9-17/h2,4-5,8-11,14-15,25H,3,6-7,12-13,16H2,1H3,(H,30,31,32,35). The van der Waals surface area contributed by atoms with Gasteiger partial charge < -0.3 is 4.74 Å². The first kappa shape index (κ1) is 23.8. The first-order valence-corrected chi connectivity index (χ1v) is 11.8. The monoisotopic (exact) mass is 492 g/mol. The van der Waals surface area contributed by atoms with Crippen LogP contribution < -0.4 is 10.1 Å². The average Bonchev–Trinajstić information content (AvgIpc) is 3.24. The Bertz CT molecular complexity index is 1370. The van der Waals surface area contributed by atoms with Gasteiger partial charge in [-0.05, 0) is 55.8 Å². The van der Waals surface area contributed by atoms with E-state index in [1.54, 1.807) is 48.7 Å². The number of aryl methyl sites for hydroxylation is 1. The van der Waals surface area contributed by atoms with Crippen LogP contribution in [0.3, 0.4) is 0 Å². The lowest BCUT2D eigenvalue weighted by Gasteiger charge is -2.26. The van der Waals surface area contributed by atoms with Gasteiger partial charge in [0.25, 0.3) is 5.91 Å². The van der Waals surface area contributed by atoms with Crippen molar-refractivity contribution in [1.82, 2.24) is 24.6 Å². The summed E-state index contributed by atoms with van der Waals surface area (Å²) in [4.78, 5) is 23.5. The molecule has 0 radical (unpaired) electrons. The van der Waals surface area contributed by atoms with Crippen molar-refractivity contribution in [3.63, 3.8) is 0 Å². The van der Waals surface area contributed by atoms with Crippen LogP contribution in [0.1, 0.15) is 35.3 Å². The largest absolute Gasteiger partial charge is 0.416 e. The molecule has 10 heteroatoms. The number of likely N-dealkylation sites (tertiary alicyclic amines) is 1. The minimum Gasteiger partial charge on any atom is -0.416 e. The van der Waals surface area contributed by atoms with E-state index in [-0.39, 0.29) is 11.8 Å². The lowest BCUT2D eigenvalue weighted by atomic mass is 10.0. The van der Waals surface area contributed by atoms with Crippen molar-refractivity contribution in [2.45, 2.75) is 32.4 Å². The van der Waals surface area contributed by atoms with Gasteiger partial charge in [0.05, 0.1) is 22.8 Å². The number of benzene rings is 2. The summed E-state index contributed by atoms with van der Waals surface area (Å²) in [5.41, 5.74) is 3.60. The molecular weight excluding hydrogens is 466 g/mol. The first-order valence-electron chi connectivity index (χ1n) is 11.8. The molecule has 186 valence electrons. The summed E-state index contributed by atoms with van der Waals surface area (Å²) >= 11 is 0. The molecule has 1 fully saturated rings. The van der Waals surface area contributed by atoms with Gasteiger partial charge in [0.15, 0.2) is 0 Å². The predicted molar refractivity (Wildman–Crippen MR) is 132 cm³/mol. The van der Waals surface area contributed by atoms with Gasteiger partial charge in [0.1, 0.15) is 0 Å². The molecular formula is C26H26F2N6O2. The van der Waals surface area contributed by atoms with E-state index in [1.807, 2.05) is 17.8 Å². The van der Waals surface area contributed by atoms with Crippen molar-refractivity contribution in [1.29, 1.82) is 0 Å². The van der Waals surface area contributed by atoms with Gasteiger partial charge in [0, 0.05) is 24.7 Å². The van der Waals surface area contributed by atoms with Crippen LogP contribution in [0.5, 0.6) is 5.88 Å². The molecule has 1 aliphatic rings. The van der Waals surface area contributed by atoms with E-state index in [2.05, 4.69) is 30.0 Å². The Morgan fingerprint density at radius 2 is 1.86 bits per heavy atom. The molecule has 1 amide bonds. The number of hydrogen-bond donors (Lipinski definition) is 1. The maximum absolute atomic E-state index is 13.1. The van der Waals surface area contributed by atoms with Gasteiger partial charge in [-0.25, -0.2) is 4.98 Å². The highest BCUT2D eigenvalue weighted by atomic mass is 19.3. The fourth-order valence-electron chi connectivity index (χ4n) is 4.48. The van der Waals surface area contributed by atoms with E-state index in [0.717, 1.165) is 36.5 Å². The number of aromatic nitrogens is 4. The summed E-state index contributed by atoms with van der Waals surface area (Å²) in [6.45, 7) is -0.205. The molecule has 0 aliphatic carbocycles. The summed E-state index contributed by atoms with van der Waals surface area (Å²) in [6, 6.07) is 13.8. The van der Waals surface area contributed by atoms with Crippen LogP contribution in [0.25, 0.3) is 22.0 Å². The first-order chi connectivity index (χ1) is 17.5. The number of nitrogens with zero attached hydrogens (tertiary/aromatic N) is 5.